The second-order valence-electron chi connectivity index (χ2n) is 8.81. The third kappa shape index (κ3) is 5.48. The Hall–Kier alpha value is -2.21. The number of hydrogen-bond acceptors (Lipinski definition) is 4. The lowest BCUT2D eigenvalue weighted by Crippen LogP contribution is -2.54. The second-order valence-corrected chi connectivity index (χ2v) is 9.63. The van der Waals surface area contributed by atoms with Crippen molar-refractivity contribution in [2.24, 2.45) is 5.92 Å². The van der Waals surface area contributed by atoms with E-state index in [2.05, 4.69) is 0 Å². The molecular weight excluding hydrogens is 461 g/mol. The number of hydrogen-bond donors (Lipinski definition) is 1. The molecule has 2 atom stereocenters. The van der Waals surface area contributed by atoms with E-state index in [1.165, 1.54) is 0 Å². The van der Waals surface area contributed by atoms with E-state index in [9.17, 15) is 9.90 Å². The number of methoxy groups -OCH3 is 1. The van der Waals surface area contributed by atoms with Gasteiger partial charge in [-0.15, -0.1) is 0 Å². The predicted molar refractivity (Wildman–Crippen MR) is 131 cm³/mol. The van der Waals surface area contributed by atoms with Crippen LogP contribution in [0.5, 0.6) is 11.5 Å². The highest BCUT2D eigenvalue weighted by Crippen LogP contribution is 2.40. The van der Waals surface area contributed by atoms with Crippen molar-refractivity contribution in [3.63, 3.8) is 0 Å². The number of benzene rings is 2. The average molecular weight is 490 g/mol. The average Bonchev–Trinajstić information content (AvgIpc) is 2.82. The molecular formula is C26H29Cl2NO4. The maximum Gasteiger partial charge on any atom is 0.246 e. The van der Waals surface area contributed by atoms with Crippen LogP contribution >= 0.6 is 23.2 Å². The van der Waals surface area contributed by atoms with Crippen LogP contribution in [0, 0.1) is 5.92 Å². The fourth-order valence-corrected chi connectivity index (χ4v) is 5.28. The minimum atomic E-state index is -0.587. The Balaban J connectivity index is 1.39. The lowest BCUT2D eigenvalue weighted by molar-refractivity contribution is -0.138. The number of likely N-dealkylation sites (tertiary alicyclic amines) is 1. The minimum absolute atomic E-state index is 0.0321. The summed E-state index contributed by atoms with van der Waals surface area (Å²) in [7, 11) is 1.57. The van der Waals surface area contributed by atoms with Crippen LogP contribution in [0.15, 0.2) is 42.5 Å². The molecule has 33 heavy (non-hydrogen) atoms. The summed E-state index contributed by atoms with van der Waals surface area (Å²) in [4.78, 5) is 14.6. The molecule has 2 aliphatic rings. The van der Waals surface area contributed by atoms with Gasteiger partial charge in [-0.1, -0.05) is 48.2 Å². The molecule has 0 spiro atoms. The molecule has 5 nitrogen and oxygen atoms in total. The van der Waals surface area contributed by atoms with Gasteiger partial charge in [0.2, 0.25) is 5.91 Å². The molecule has 1 amide bonds. The number of carbonyl (C=O) groups is 1. The molecule has 0 unspecified atom stereocenters. The number of rotatable bonds is 6. The Morgan fingerprint density at radius 3 is 2.73 bits per heavy atom. The lowest BCUT2D eigenvalue weighted by Gasteiger charge is -2.47. The van der Waals surface area contributed by atoms with Gasteiger partial charge in [0.05, 0.1) is 12.7 Å². The van der Waals surface area contributed by atoms with Gasteiger partial charge in [0.25, 0.3) is 0 Å². The van der Waals surface area contributed by atoms with Crippen molar-refractivity contribution < 1.29 is 19.4 Å². The number of ether oxygens (including phenoxy) is 2. The quantitative estimate of drug-likeness (QED) is 0.524. The zero-order valence-corrected chi connectivity index (χ0v) is 20.2. The first-order chi connectivity index (χ1) is 15.9. The molecule has 2 aromatic carbocycles. The molecule has 176 valence electrons. The maximum atomic E-state index is 12.8. The number of halogens is 2. The predicted octanol–water partition coefficient (Wildman–Crippen LogP) is 5.75. The van der Waals surface area contributed by atoms with Crippen LogP contribution in [0.1, 0.15) is 43.2 Å². The Bertz CT molecular complexity index is 1020. The molecule has 1 saturated heterocycles. The molecule has 1 N–H and O–H groups in total. The third-order valence-electron chi connectivity index (χ3n) is 6.78. The highest BCUT2D eigenvalue weighted by atomic mass is 35.5. The van der Waals surface area contributed by atoms with Crippen molar-refractivity contribution in [2.75, 3.05) is 20.2 Å². The van der Waals surface area contributed by atoms with Crippen LogP contribution in [0.3, 0.4) is 0 Å². The molecule has 1 heterocycles. The van der Waals surface area contributed by atoms with Crippen LogP contribution in [0.2, 0.25) is 10.0 Å². The molecule has 2 fully saturated rings. The standard InChI is InChI=1S/C26H29Cl2NO4/c1-32-24-15-18(8-10-23(24)33-17-20-21(27)6-4-7-22(20)28)9-11-25(30)29-14-13-26(31)12-3-2-5-19(26)16-29/h4,6-11,15,19,31H,2-3,5,12-14,16-17H2,1H3/b11-9+/t19-,26-/m1/s1. The fraction of sp³-hybridized carbons (Fsp3) is 0.423. The summed E-state index contributed by atoms with van der Waals surface area (Å²) in [6, 6.07) is 10.8. The van der Waals surface area contributed by atoms with Gasteiger partial charge in [-0.3, -0.25) is 4.79 Å². The van der Waals surface area contributed by atoms with Crippen molar-refractivity contribution in [1.29, 1.82) is 0 Å². The summed E-state index contributed by atoms with van der Waals surface area (Å²) in [5.41, 5.74) is 0.953. The number of fused-ring (bicyclic) bond motifs is 1. The second kappa shape index (κ2) is 10.4. The summed E-state index contributed by atoms with van der Waals surface area (Å²) in [5.74, 6) is 1.26. The molecule has 7 heteroatoms. The highest BCUT2D eigenvalue weighted by molar-refractivity contribution is 6.35. The van der Waals surface area contributed by atoms with Gasteiger partial charge in [-0.25, -0.2) is 0 Å². The smallest absolute Gasteiger partial charge is 0.246 e. The summed E-state index contributed by atoms with van der Waals surface area (Å²) >= 11 is 12.4. The lowest BCUT2D eigenvalue weighted by atomic mass is 9.71. The molecule has 0 bridgehead atoms. The topological polar surface area (TPSA) is 59.0 Å². The number of carbonyl (C=O) groups excluding carboxylic acids is 1. The van der Waals surface area contributed by atoms with E-state index in [4.69, 9.17) is 32.7 Å². The van der Waals surface area contributed by atoms with E-state index in [-0.39, 0.29) is 18.4 Å². The van der Waals surface area contributed by atoms with Crippen LogP contribution < -0.4 is 9.47 Å². The number of aliphatic hydroxyl groups is 1. The maximum absolute atomic E-state index is 12.8. The Kier molecular flexibility index (Phi) is 7.52. The van der Waals surface area contributed by atoms with Gasteiger partial charge in [-0.2, -0.15) is 0 Å². The van der Waals surface area contributed by atoms with Crippen molar-refractivity contribution in [3.05, 3.63) is 63.6 Å². The monoisotopic (exact) mass is 489 g/mol. The van der Waals surface area contributed by atoms with Gasteiger partial charge in [-0.05, 0) is 55.2 Å². The van der Waals surface area contributed by atoms with Crippen molar-refractivity contribution in [3.8, 4) is 11.5 Å². The van der Waals surface area contributed by atoms with E-state index < -0.39 is 5.60 Å². The van der Waals surface area contributed by atoms with E-state index in [0.29, 0.717) is 46.6 Å². The summed E-state index contributed by atoms with van der Waals surface area (Å²) in [6.45, 7) is 1.43. The van der Waals surface area contributed by atoms with Crippen molar-refractivity contribution in [2.45, 2.75) is 44.3 Å². The SMILES string of the molecule is COc1cc(/C=C/C(=O)N2CC[C@]3(O)CCCC[C@@H]3C2)ccc1OCc1c(Cl)cccc1Cl. The Morgan fingerprint density at radius 2 is 1.97 bits per heavy atom. The van der Waals surface area contributed by atoms with Gasteiger partial charge < -0.3 is 19.5 Å². The number of amides is 1. The normalized spacial score (nSPS) is 22.8. The third-order valence-corrected chi connectivity index (χ3v) is 7.49. The zero-order valence-electron chi connectivity index (χ0n) is 18.7. The molecule has 0 radical (unpaired) electrons. The van der Waals surface area contributed by atoms with Crippen molar-refractivity contribution in [1.82, 2.24) is 4.90 Å². The first-order valence-corrected chi connectivity index (χ1v) is 12.1. The van der Waals surface area contributed by atoms with Crippen LogP contribution in [0.4, 0.5) is 0 Å². The van der Waals surface area contributed by atoms with Crippen LogP contribution in [0.25, 0.3) is 6.08 Å². The van der Waals surface area contributed by atoms with Gasteiger partial charge >= 0.3 is 0 Å². The molecule has 1 aliphatic carbocycles. The van der Waals surface area contributed by atoms with E-state index in [1.807, 2.05) is 17.0 Å². The molecule has 1 aliphatic heterocycles. The van der Waals surface area contributed by atoms with Crippen molar-refractivity contribution >= 4 is 35.2 Å². The van der Waals surface area contributed by atoms with Gasteiger partial charge in [0, 0.05) is 40.7 Å². The van der Waals surface area contributed by atoms with Crippen LogP contribution in [-0.2, 0) is 11.4 Å². The number of nitrogens with zero attached hydrogens (tertiary/aromatic N) is 1. The van der Waals surface area contributed by atoms with E-state index in [1.54, 1.807) is 43.5 Å². The van der Waals surface area contributed by atoms with E-state index in [0.717, 1.165) is 31.2 Å². The van der Waals surface area contributed by atoms with Gasteiger partial charge in [0.1, 0.15) is 6.61 Å². The van der Waals surface area contributed by atoms with Crippen LogP contribution in [-0.4, -0.2) is 41.7 Å². The Labute approximate surface area is 204 Å². The molecule has 2 aromatic rings. The summed E-state index contributed by atoms with van der Waals surface area (Å²) in [6.07, 6.45) is 8.07. The van der Waals surface area contributed by atoms with E-state index >= 15 is 0 Å². The molecule has 1 saturated carbocycles. The molecule has 4 rings (SSSR count). The zero-order chi connectivity index (χ0) is 23.4. The Morgan fingerprint density at radius 1 is 1.18 bits per heavy atom. The first-order valence-electron chi connectivity index (χ1n) is 11.3. The summed E-state index contributed by atoms with van der Waals surface area (Å²) in [5, 5.41) is 11.9. The number of piperidine rings is 1. The molecule has 0 aromatic heterocycles. The highest BCUT2D eigenvalue weighted by Gasteiger charge is 2.43. The first kappa shape index (κ1) is 23.9. The largest absolute Gasteiger partial charge is 0.493 e. The summed E-state index contributed by atoms with van der Waals surface area (Å²) < 4.78 is 11.4. The fourth-order valence-electron chi connectivity index (χ4n) is 4.77. The van der Waals surface area contributed by atoms with Gasteiger partial charge in [0.15, 0.2) is 11.5 Å². The minimum Gasteiger partial charge on any atom is -0.493 e.